The molecular weight excluding hydrogens is 456 g/mol. The van der Waals surface area contributed by atoms with Crippen LogP contribution in [0.3, 0.4) is 0 Å². The van der Waals surface area contributed by atoms with Crippen LogP contribution in [-0.2, 0) is 30.8 Å². The number of amides is 1. The molecule has 0 atom stereocenters. The molecule has 2 aliphatic rings. The summed E-state index contributed by atoms with van der Waals surface area (Å²) < 4.78 is 2.11. The molecule has 5 rings (SSSR count). The van der Waals surface area contributed by atoms with Crippen molar-refractivity contribution in [3.05, 3.63) is 81.6 Å². The van der Waals surface area contributed by atoms with Crippen LogP contribution in [0.25, 0.3) is 5.69 Å². The summed E-state index contributed by atoms with van der Waals surface area (Å²) in [4.78, 5) is 17.3. The predicted octanol–water partition coefficient (Wildman–Crippen LogP) is 5.93. The summed E-state index contributed by atoms with van der Waals surface area (Å²) in [5.74, 6) is 0.791. The van der Waals surface area contributed by atoms with Crippen LogP contribution in [0.2, 0.25) is 5.02 Å². The van der Waals surface area contributed by atoms with Gasteiger partial charge in [0.05, 0.1) is 23.6 Å². The summed E-state index contributed by atoms with van der Waals surface area (Å²) in [6.07, 6.45) is 6.50. The number of rotatable bonds is 7. The number of aromatic nitrogens is 2. The van der Waals surface area contributed by atoms with E-state index in [9.17, 15) is 4.79 Å². The molecule has 1 aromatic heterocycles. The van der Waals surface area contributed by atoms with Crippen molar-refractivity contribution in [2.24, 2.45) is 5.92 Å². The van der Waals surface area contributed by atoms with Crippen molar-refractivity contribution in [2.45, 2.75) is 65.1 Å². The number of halogens is 1. The van der Waals surface area contributed by atoms with E-state index in [1.165, 1.54) is 48.1 Å². The van der Waals surface area contributed by atoms with Gasteiger partial charge in [0.2, 0.25) is 5.91 Å². The number of hydrogen-bond acceptors (Lipinski definition) is 3. The smallest absolute Gasteiger partial charge is 0.222 e. The molecule has 0 radical (unpaired) electrons. The molecule has 0 saturated heterocycles. The maximum absolute atomic E-state index is 13.0. The first kappa shape index (κ1) is 24.1. The minimum Gasteiger partial charge on any atom is -0.340 e. The van der Waals surface area contributed by atoms with Crippen LogP contribution in [0.4, 0.5) is 0 Å². The number of hydrogen-bond donors (Lipinski definition) is 0. The van der Waals surface area contributed by atoms with Gasteiger partial charge >= 0.3 is 0 Å². The van der Waals surface area contributed by atoms with Crippen molar-refractivity contribution in [3.8, 4) is 5.69 Å². The van der Waals surface area contributed by atoms with Gasteiger partial charge in [-0.3, -0.25) is 9.69 Å². The molecule has 2 aromatic carbocycles. The highest BCUT2D eigenvalue weighted by Crippen LogP contribution is 2.30. The van der Waals surface area contributed by atoms with E-state index in [0.29, 0.717) is 18.9 Å². The van der Waals surface area contributed by atoms with Gasteiger partial charge in [-0.05, 0) is 55.5 Å². The van der Waals surface area contributed by atoms with E-state index in [0.717, 1.165) is 42.5 Å². The van der Waals surface area contributed by atoms with E-state index in [1.54, 1.807) is 0 Å². The lowest BCUT2D eigenvalue weighted by atomic mass is 10.0. The average molecular weight is 491 g/mol. The molecule has 35 heavy (non-hydrogen) atoms. The Hall–Kier alpha value is -2.63. The van der Waals surface area contributed by atoms with Crippen LogP contribution in [0.5, 0.6) is 0 Å². The molecule has 1 aliphatic carbocycles. The Kier molecular flexibility index (Phi) is 7.26. The summed E-state index contributed by atoms with van der Waals surface area (Å²) in [7, 11) is 1.93. The maximum atomic E-state index is 13.0. The molecule has 6 heteroatoms. The number of nitrogens with zero attached hydrogens (tertiary/aromatic N) is 4. The van der Waals surface area contributed by atoms with Gasteiger partial charge in [-0.15, -0.1) is 0 Å². The summed E-state index contributed by atoms with van der Waals surface area (Å²) >= 11 is 6.23. The first-order valence-corrected chi connectivity index (χ1v) is 13.2. The fourth-order valence-electron chi connectivity index (χ4n) is 5.53. The lowest BCUT2D eigenvalue weighted by Crippen LogP contribution is -2.32. The van der Waals surface area contributed by atoms with Crippen molar-refractivity contribution in [3.63, 3.8) is 0 Å². The maximum Gasteiger partial charge on any atom is 0.222 e. The molecule has 2 heterocycles. The van der Waals surface area contributed by atoms with Gasteiger partial charge in [0.1, 0.15) is 0 Å². The van der Waals surface area contributed by atoms with Crippen LogP contribution < -0.4 is 0 Å². The number of carbonyl (C=O) groups is 1. The number of aryl methyl sites for hydroxylation is 1. The summed E-state index contributed by atoms with van der Waals surface area (Å²) in [5.41, 5.74) is 7.08. The molecule has 1 fully saturated rings. The minimum absolute atomic E-state index is 0.238. The van der Waals surface area contributed by atoms with E-state index in [1.807, 2.05) is 30.1 Å². The van der Waals surface area contributed by atoms with Gasteiger partial charge in [-0.1, -0.05) is 54.3 Å². The zero-order valence-corrected chi connectivity index (χ0v) is 21.6. The summed E-state index contributed by atoms with van der Waals surface area (Å²) in [6, 6.07) is 16.7. The topological polar surface area (TPSA) is 41.4 Å². The molecule has 1 amide bonds. The highest BCUT2D eigenvalue weighted by atomic mass is 35.5. The van der Waals surface area contributed by atoms with Gasteiger partial charge in [-0.25, -0.2) is 4.68 Å². The lowest BCUT2D eigenvalue weighted by molar-refractivity contribution is -0.131. The van der Waals surface area contributed by atoms with Crippen molar-refractivity contribution in [2.75, 3.05) is 13.6 Å². The summed E-state index contributed by atoms with van der Waals surface area (Å²) in [5, 5.41) is 5.85. The van der Waals surface area contributed by atoms with Gasteiger partial charge < -0.3 is 4.90 Å². The van der Waals surface area contributed by atoms with Crippen LogP contribution in [0.15, 0.2) is 48.5 Å². The Balaban J connectivity index is 1.39. The summed E-state index contributed by atoms with van der Waals surface area (Å²) in [6.45, 7) is 5.30. The molecular formula is C29H35ClN4O. The molecule has 0 spiro atoms. The highest BCUT2D eigenvalue weighted by Gasteiger charge is 2.28. The first-order chi connectivity index (χ1) is 17.0. The van der Waals surface area contributed by atoms with E-state index in [4.69, 9.17) is 16.7 Å². The van der Waals surface area contributed by atoms with Crippen LogP contribution in [-0.4, -0.2) is 39.1 Å². The fraction of sp³-hybridized carbons (Fsp3) is 0.448. The van der Waals surface area contributed by atoms with Crippen LogP contribution >= 0.6 is 11.6 Å². The molecule has 184 valence electrons. The monoisotopic (exact) mass is 490 g/mol. The predicted molar refractivity (Wildman–Crippen MR) is 141 cm³/mol. The van der Waals surface area contributed by atoms with E-state index < -0.39 is 0 Å². The highest BCUT2D eigenvalue weighted by molar-refractivity contribution is 6.30. The second-order valence-corrected chi connectivity index (χ2v) is 10.8. The van der Waals surface area contributed by atoms with Crippen LogP contribution in [0.1, 0.15) is 60.2 Å². The number of fused-ring (bicyclic) bond motifs is 1. The molecule has 1 saturated carbocycles. The Morgan fingerprint density at radius 1 is 1.14 bits per heavy atom. The zero-order chi connectivity index (χ0) is 24.4. The molecule has 0 unspecified atom stereocenters. The van der Waals surface area contributed by atoms with Crippen molar-refractivity contribution >= 4 is 17.5 Å². The molecule has 1 aliphatic heterocycles. The van der Waals surface area contributed by atoms with Gasteiger partial charge in [0, 0.05) is 50.1 Å². The standard InChI is InChI=1S/C29H35ClN4O/c1-21-10-12-25(13-11-21)34-28-14-15-33(18-23-8-5-9-24(30)16-23)19-26(28)27(31-34)20-32(2)29(35)17-22-6-3-4-7-22/h5,8-13,16,22H,3-4,6-7,14-15,17-20H2,1-2H3. The molecule has 0 N–H and O–H groups in total. The molecule has 0 bridgehead atoms. The van der Waals surface area contributed by atoms with Gasteiger partial charge in [0.25, 0.3) is 0 Å². The second kappa shape index (κ2) is 10.5. The first-order valence-electron chi connectivity index (χ1n) is 12.8. The molecule has 3 aromatic rings. The zero-order valence-electron chi connectivity index (χ0n) is 20.8. The third kappa shape index (κ3) is 5.62. The van der Waals surface area contributed by atoms with Gasteiger partial charge in [-0.2, -0.15) is 5.10 Å². The Morgan fingerprint density at radius 2 is 1.91 bits per heavy atom. The Labute approximate surface area is 213 Å². The van der Waals surface area contributed by atoms with Crippen LogP contribution in [0, 0.1) is 12.8 Å². The second-order valence-electron chi connectivity index (χ2n) is 10.3. The normalized spacial score (nSPS) is 16.4. The Bertz CT molecular complexity index is 1180. The fourth-order valence-corrected chi connectivity index (χ4v) is 5.74. The SMILES string of the molecule is Cc1ccc(-n2nc(CN(C)C(=O)CC3CCCC3)c3c2CCN(Cc2cccc(Cl)c2)C3)cc1. The van der Waals surface area contributed by atoms with E-state index in [2.05, 4.69) is 46.8 Å². The number of benzene rings is 2. The van der Waals surface area contributed by atoms with Crippen molar-refractivity contribution < 1.29 is 4.79 Å². The lowest BCUT2D eigenvalue weighted by Gasteiger charge is -2.28. The molecule has 5 nitrogen and oxygen atoms in total. The van der Waals surface area contributed by atoms with E-state index >= 15 is 0 Å². The average Bonchev–Trinajstić information content (AvgIpc) is 3.48. The van der Waals surface area contributed by atoms with E-state index in [-0.39, 0.29) is 5.91 Å². The Morgan fingerprint density at radius 3 is 2.66 bits per heavy atom. The van der Waals surface area contributed by atoms with Gasteiger partial charge in [0.15, 0.2) is 0 Å². The number of carbonyl (C=O) groups excluding carboxylic acids is 1. The van der Waals surface area contributed by atoms with Crippen molar-refractivity contribution in [1.29, 1.82) is 0 Å². The largest absolute Gasteiger partial charge is 0.340 e. The third-order valence-corrected chi connectivity index (χ3v) is 7.78. The third-order valence-electron chi connectivity index (χ3n) is 7.54. The van der Waals surface area contributed by atoms with Crippen molar-refractivity contribution in [1.82, 2.24) is 19.6 Å². The minimum atomic E-state index is 0.238. The quantitative estimate of drug-likeness (QED) is 0.412.